The predicted molar refractivity (Wildman–Crippen MR) is 103 cm³/mol. The van der Waals surface area contributed by atoms with Crippen molar-refractivity contribution in [2.45, 2.75) is 32.2 Å². The maximum atomic E-state index is 11.9. The summed E-state index contributed by atoms with van der Waals surface area (Å²) in [5, 5.41) is 5.57. The van der Waals surface area contributed by atoms with E-state index < -0.39 is 0 Å². The maximum Gasteiger partial charge on any atom is 0.314 e. The van der Waals surface area contributed by atoms with Crippen molar-refractivity contribution >= 4 is 11.9 Å². The average Bonchev–Trinajstić information content (AvgIpc) is 3.35. The van der Waals surface area contributed by atoms with E-state index >= 15 is 0 Å². The van der Waals surface area contributed by atoms with Crippen LogP contribution in [0.2, 0.25) is 0 Å². The number of carbonyl (C=O) groups is 2. The number of urea groups is 1. The number of aromatic nitrogens is 2. The molecule has 1 aliphatic heterocycles. The van der Waals surface area contributed by atoms with Gasteiger partial charge in [-0.1, -0.05) is 30.3 Å². The number of nitrogens with zero attached hydrogens (tertiary/aromatic N) is 3. The minimum Gasteiger partial charge on any atom is -0.343 e. The molecule has 2 N–H and O–H groups in total. The quantitative estimate of drug-likeness (QED) is 0.744. The Labute approximate surface area is 159 Å². The molecule has 1 aromatic heterocycles. The van der Waals surface area contributed by atoms with E-state index in [9.17, 15) is 9.59 Å². The maximum absolute atomic E-state index is 11.9. The molecule has 2 heterocycles. The summed E-state index contributed by atoms with van der Waals surface area (Å²) >= 11 is 0. The van der Waals surface area contributed by atoms with E-state index in [4.69, 9.17) is 0 Å². The fourth-order valence-corrected chi connectivity index (χ4v) is 3.25. The normalized spacial score (nSPS) is 13.6. The van der Waals surface area contributed by atoms with Gasteiger partial charge in [0.2, 0.25) is 5.91 Å². The first-order valence-electron chi connectivity index (χ1n) is 9.56. The molecule has 1 saturated heterocycles. The standard InChI is InChI=1S/C20H27N5O2/c26-19(24-13-4-5-14-24)9-11-23-20(27)22-10-8-18-21-12-15-25(18)16-17-6-2-1-3-7-17/h1-3,6-7,12,15H,4-5,8-11,13-14,16H2,(H2,22,23,27). The van der Waals surface area contributed by atoms with Crippen LogP contribution < -0.4 is 10.6 Å². The molecule has 1 aromatic carbocycles. The van der Waals surface area contributed by atoms with E-state index in [1.54, 1.807) is 6.20 Å². The highest BCUT2D eigenvalue weighted by molar-refractivity contribution is 5.78. The molecule has 0 saturated carbocycles. The van der Waals surface area contributed by atoms with Gasteiger partial charge in [-0.05, 0) is 18.4 Å². The van der Waals surface area contributed by atoms with Gasteiger partial charge in [0.1, 0.15) is 5.82 Å². The van der Waals surface area contributed by atoms with Crippen LogP contribution in [0.4, 0.5) is 4.79 Å². The molecule has 0 bridgehead atoms. The fraction of sp³-hybridized carbons (Fsp3) is 0.450. The van der Waals surface area contributed by atoms with Crippen molar-refractivity contribution in [3.8, 4) is 0 Å². The third-order valence-electron chi connectivity index (χ3n) is 4.71. The topological polar surface area (TPSA) is 79.3 Å². The summed E-state index contributed by atoms with van der Waals surface area (Å²) in [6.07, 6.45) is 6.91. The molecule has 3 amide bonds. The summed E-state index contributed by atoms with van der Waals surface area (Å²) in [4.78, 5) is 30.0. The van der Waals surface area contributed by atoms with Crippen LogP contribution in [-0.4, -0.2) is 52.6 Å². The van der Waals surface area contributed by atoms with Crippen molar-refractivity contribution in [1.82, 2.24) is 25.1 Å². The van der Waals surface area contributed by atoms with Crippen LogP contribution >= 0.6 is 0 Å². The van der Waals surface area contributed by atoms with Crippen LogP contribution in [0.5, 0.6) is 0 Å². The Morgan fingerprint density at radius 2 is 1.78 bits per heavy atom. The Kier molecular flexibility index (Phi) is 6.84. The highest BCUT2D eigenvalue weighted by atomic mass is 16.2. The van der Waals surface area contributed by atoms with Crippen LogP contribution in [0, 0.1) is 0 Å². The third-order valence-corrected chi connectivity index (χ3v) is 4.71. The molecule has 0 atom stereocenters. The number of amides is 3. The molecule has 1 aliphatic rings. The molecule has 0 radical (unpaired) electrons. The molecule has 3 rings (SSSR count). The third kappa shape index (κ3) is 5.84. The lowest BCUT2D eigenvalue weighted by Gasteiger charge is -2.15. The van der Waals surface area contributed by atoms with Crippen molar-refractivity contribution in [2.75, 3.05) is 26.2 Å². The minimum absolute atomic E-state index is 0.121. The second-order valence-corrected chi connectivity index (χ2v) is 6.73. The zero-order chi connectivity index (χ0) is 18.9. The Bertz CT molecular complexity index is 738. The van der Waals surface area contributed by atoms with Gasteiger partial charge in [0.05, 0.1) is 0 Å². The number of nitrogens with one attached hydrogen (secondary N) is 2. The Morgan fingerprint density at radius 1 is 1.04 bits per heavy atom. The van der Waals surface area contributed by atoms with Gasteiger partial charge < -0.3 is 20.1 Å². The van der Waals surface area contributed by atoms with E-state index in [1.165, 1.54) is 5.56 Å². The Balaban J connectivity index is 1.34. The van der Waals surface area contributed by atoms with E-state index in [0.717, 1.165) is 38.3 Å². The Morgan fingerprint density at radius 3 is 2.56 bits per heavy atom. The van der Waals surface area contributed by atoms with Crippen LogP contribution in [-0.2, 0) is 17.8 Å². The lowest BCUT2D eigenvalue weighted by atomic mass is 10.2. The number of benzene rings is 1. The monoisotopic (exact) mass is 369 g/mol. The second-order valence-electron chi connectivity index (χ2n) is 6.73. The second kappa shape index (κ2) is 9.75. The number of rotatable bonds is 8. The first-order valence-corrected chi connectivity index (χ1v) is 9.56. The summed E-state index contributed by atoms with van der Waals surface area (Å²) in [6, 6.07) is 9.96. The fourth-order valence-electron chi connectivity index (χ4n) is 3.25. The number of likely N-dealkylation sites (tertiary alicyclic amines) is 1. The lowest BCUT2D eigenvalue weighted by Crippen LogP contribution is -2.39. The van der Waals surface area contributed by atoms with Crippen LogP contribution in [0.3, 0.4) is 0 Å². The van der Waals surface area contributed by atoms with Gasteiger partial charge in [-0.15, -0.1) is 0 Å². The minimum atomic E-state index is -0.245. The van der Waals surface area contributed by atoms with Gasteiger partial charge in [-0.25, -0.2) is 9.78 Å². The van der Waals surface area contributed by atoms with E-state index in [0.29, 0.717) is 25.9 Å². The average molecular weight is 369 g/mol. The largest absolute Gasteiger partial charge is 0.343 e. The molecule has 144 valence electrons. The smallest absolute Gasteiger partial charge is 0.314 e. The van der Waals surface area contributed by atoms with Crippen molar-refractivity contribution in [2.24, 2.45) is 0 Å². The predicted octanol–water partition coefficient (Wildman–Crippen LogP) is 1.79. The highest BCUT2D eigenvalue weighted by Crippen LogP contribution is 2.08. The molecular weight excluding hydrogens is 342 g/mol. The SMILES string of the molecule is O=C(NCCC(=O)N1CCCC1)NCCc1nccn1Cc1ccccc1. The lowest BCUT2D eigenvalue weighted by molar-refractivity contribution is -0.129. The van der Waals surface area contributed by atoms with Crippen LogP contribution in [0.15, 0.2) is 42.7 Å². The first kappa shape index (κ1) is 18.9. The van der Waals surface area contributed by atoms with Gasteiger partial charge in [0, 0.05) is 58.0 Å². The summed E-state index contributed by atoms with van der Waals surface area (Å²) in [7, 11) is 0. The van der Waals surface area contributed by atoms with Crippen molar-refractivity contribution in [3.63, 3.8) is 0 Å². The molecule has 27 heavy (non-hydrogen) atoms. The van der Waals surface area contributed by atoms with Gasteiger partial charge >= 0.3 is 6.03 Å². The van der Waals surface area contributed by atoms with Gasteiger partial charge in [0.25, 0.3) is 0 Å². The molecule has 0 spiro atoms. The zero-order valence-corrected chi connectivity index (χ0v) is 15.6. The van der Waals surface area contributed by atoms with Crippen molar-refractivity contribution in [3.05, 3.63) is 54.1 Å². The van der Waals surface area contributed by atoms with Crippen LogP contribution in [0.25, 0.3) is 0 Å². The summed E-state index contributed by atoms with van der Waals surface area (Å²) in [5.41, 5.74) is 1.21. The zero-order valence-electron chi connectivity index (χ0n) is 15.6. The Hall–Kier alpha value is -2.83. The van der Waals surface area contributed by atoms with Crippen molar-refractivity contribution < 1.29 is 9.59 Å². The van der Waals surface area contributed by atoms with E-state index in [2.05, 4.69) is 32.3 Å². The highest BCUT2D eigenvalue weighted by Gasteiger charge is 2.17. The summed E-state index contributed by atoms with van der Waals surface area (Å²) in [6.45, 7) is 3.32. The van der Waals surface area contributed by atoms with E-state index in [1.807, 2.05) is 29.3 Å². The molecule has 1 fully saturated rings. The van der Waals surface area contributed by atoms with Gasteiger partial charge in [-0.2, -0.15) is 0 Å². The molecule has 2 aromatic rings. The molecule has 7 nitrogen and oxygen atoms in total. The molecule has 0 unspecified atom stereocenters. The molecular formula is C20H27N5O2. The number of hydrogen-bond donors (Lipinski definition) is 2. The summed E-state index contributed by atoms with van der Waals surface area (Å²) < 4.78 is 2.09. The summed E-state index contributed by atoms with van der Waals surface area (Å²) in [5.74, 6) is 1.05. The number of hydrogen-bond acceptors (Lipinski definition) is 3. The van der Waals surface area contributed by atoms with Crippen molar-refractivity contribution in [1.29, 1.82) is 0 Å². The number of carbonyl (C=O) groups excluding carboxylic acids is 2. The van der Waals surface area contributed by atoms with Crippen LogP contribution in [0.1, 0.15) is 30.7 Å². The molecule has 0 aliphatic carbocycles. The van der Waals surface area contributed by atoms with Gasteiger partial charge in [-0.3, -0.25) is 4.79 Å². The number of imidazole rings is 1. The van der Waals surface area contributed by atoms with E-state index in [-0.39, 0.29) is 11.9 Å². The van der Waals surface area contributed by atoms with Gasteiger partial charge in [0.15, 0.2) is 0 Å². The first-order chi connectivity index (χ1) is 13.2. The molecule has 7 heteroatoms.